The van der Waals surface area contributed by atoms with Gasteiger partial charge in [0, 0.05) is 17.4 Å². The van der Waals surface area contributed by atoms with Crippen LogP contribution in [0.5, 0.6) is 0 Å². The number of anilines is 3. The average Bonchev–Trinajstić information content (AvgIpc) is 2.37. The van der Waals surface area contributed by atoms with E-state index in [9.17, 15) is 15.2 Å². The lowest BCUT2D eigenvalue weighted by Gasteiger charge is -2.38. The number of benzene rings is 1. The molecular weight excluding hydrogens is 268 g/mol. The Morgan fingerprint density at radius 1 is 1.30 bits per heavy atom. The van der Waals surface area contributed by atoms with Gasteiger partial charge in [-0.3, -0.25) is 10.4 Å². The highest BCUT2D eigenvalue weighted by molar-refractivity contribution is 5.91. The summed E-state index contributed by atoms with van der Waals surface area (Å²) in [5.74, 6) is 0. The zero-order chi connectivity index (χ0) is 15.3. The van der Waals surface area contributed by atoms with Crippen LogP contribution in [-0.4, -0.2) is 22.5 Å². The van der Waals surface area contributed by atoms with E-state index >= 15 is 0 Å². The summed E-state index contributed by atoms with van der Waals surface area (Å²) in [6.45, 7) is 3.70. The van der Waals surface area contributed by atoms with Crippen molar-refractivity contribution in [2.45, 2.75) is 26.3 Å². The van der Waals surface area contributed by atoms with E-state index in [0.717, 1.165) is 18.6 Å². The molecule has 0 aromatic heterocycles. The summed E-state index contributed by atoms with van der Waals surface area (Å²) in [5.41, 5.74) is -0.546. The van der Waals surface area contributed by atoms with Crippen molar-refractivity contribution in [2.24, 2.45) is 0 Å². The molecule has 9 heteroatoms. The minimum atomic E-state index is -0.704. The molecule has 0 fully saturated rings. The molecule has 1 rings (SSSR count). The fourth-order valence-electron chi connectivity index (χ4n) is 1.38. The van der Waals surface area contributed by atoms with Crippen LogP contribution in [0.3, 0.4) is 0 Å². The van der Waals surface area contributed by atoms with Gasteiger partial charge < -0.3 is 26.3 Å². The van der Waals surface area contributed by atoms with Gasteiger partial charge in [0.05, 0.1) is 5.69 Å². The lowest BCUT2D eigenvalue weighted by Crippen LogP contribution is -2.35. The zero-order valence-corrected chi connectivity index (χ0v) is 11.0. The van der Waals surface area contributed by atoms with Crippen LogP contribution >= 0.6 is 0 Å². The molecule has 20 heavy (non-hydrogen) atoms. The number of carbonyl (C=O) groups excluding carboxylic acids is 1. The number of nitrogens with zero attached hydrogens (tertiary/aromatic N) is 2. The van der Waals surface area contributed by atoms with E-state index in [-0.39, 0.29) is 28.3 Å². The molecule has 112 valence electrons. The summed E-state index contributed by atoms with van der Waals surface area (Å²) in [7, 11) is 0. The summed E-state index contributed by atoms with van der Waals surface area (Å²) in [5, 5.41) is 43.3. The Hall–Kier alpha value is -2.07. The third-order valence-corrected chi connectivity index (χ3v) is 2.59. The Balaban J connectivity index is 2.91. The van der Waals surface area contributed by atoms with E-state index in [1.54, 1.807) is 0 Å². The van der Waals surface area contributed by atoms with Crippen molar-refractivity contribution in [3.05, 3.63) is 28.6 Å². The van der Waals surface area contributed by atoms with E-state index < -0.39 is 11.3 Å². The van der Waals surface area contributed by atoms with Gasteiger partial charge in [0.1, 0.15) is 0 Å². The van der Waals surface area contributed by atoms with Crippen LogP contribution in [0.25, 0.3) is 0 Å². The molecule has 0 radical (unpaired) electrons. The first-order chi connectivity index (χ1) is 9.33. The molecule has 1 aromatic rings. The molecular formula is C11H16N4O5-2. The SMILES string of the molecule is CCC(C)NC(=O)Nc1cc(N([O-])[O-])cc(N(O)O)c1. The van der Waals surface area contributed by atoms with Gasteiger partial charge in [0.15, 0.2) is 0 Å². The van der Waals surface area contributed by atoms with Crippen molar-refractivity contribution >= 4 is 23.1 Å². The van der Waals surface area contributed by atoms with Gasteiger partial charge in [-0.25, -0.2) is 4.79 Å². The van der Waals surface area contributed by atoms with Gasteiger partial charge in [-0.2, -0.15) is 0 Å². The quantitative estimate of drug-likeness (QED) is 0.607. The van der Waals surface area contributed by atoms with Gasteiger partial charge in [-0.1, -0.05) is 6.92 Å². The maximum Gasteiger partial charge on any atom is 0.319 e. The predicted octanol–water partition coefficient (Wildman–Crippen LogP) is 1.99. The van der Waals surface area contributed by atoms with Crippen LogP contribution in [0.15, 0.2) is 18.2 Å². The van der Waals surface area contributed by atoms with Crippen molar-refractivity contribution in [2.75, 3.05) is 15.8 Å². The number of amides is 2. The van der Waals surface area contributed by atoms with Gasteiger partial charge in [0.25, 0.3) is 0 Å². The molecule has 0 saturated carbocycles. The molecule has 1 atom stereocenters. The molecule has 1 aromatic carbocycles. The largest absolute Gasteiger partial charge is 0.769 e. The summed E-state index contributed by atoms with van der Waals surface area (Å²) < 4.78 is 0. The first kappa shape index (κ1) is 16.0. The van der Waals surface area contributed by atoms with Crippen molar-refractivity contribution in [1.82, 2.24) is 5.32 Å². The second-order valence-corrected chi connectivity index (χ2v) is 4.19. The molecule has 0 bridgehead atoms. The van der Waals surface area contributed by atoms with E-state index in [0.29, 0.717) is 0 Å². The molecule has 0 heterocycles. The van der Waals surface area contributed by atoms with Gasteiger partial charge in [-0.05, 0) is 31.5 Å². The second-order valence-electron chi connectivity index (χ2n) is 4.19. The molecule has 0 aliphatic heterocycles. The van der Waals surface area contributed by atoms with Crippen molar-refractivity contribution in [3.8, 4) is 0 Å². The Morgan fingerprint density at radius 3 is 2.40 bits per heavy atom. The normalized spacial score (nSPS) is 11.7. The molecule has 4 N–H and O–H groups in total. The zero-order valence-electron chi connectivity index (χ0n) is 11.0. The fraction of sp³-hybridized carbons (Fsp3) is 0.364. The Morgan fingerprint density at radius 2 is 1.90 bits per heavy atom. The molecule has 0 saturated heterocycles. The highest BCUT2D eigenvalue weighted by Crippen LogP contribution is 2.26. The maximum atomic E-state index is 11.6. The Bertz CT molecular complexity index is 440. The highest BCUT2D eigenvalue weighted by Gasteiger charge is 2.09. The van der Waals surface area contributed by atoms with Gasteiger partial charge in [-0.15, -0.1) is 5.23 Å². The third-order valence-electron chi connectivity index (χ3n) is 2.59. The predicted molar refractivity (Wildman–Crippen MR) is 73.6 cm³/mol. The number of hydrogen-bond donors (Lipinski definition) is 4. The van der Waals surface area contributed by atoms with E-state index in [1.807, 2.05) is 13.8 Å². The molecule has 2 amide bonds. The van der Waals surface area contributed by atoms with Crippen LogP contribution in [0.4, 0.5) is 21.9 Å². The lowest BCUT2D eigenvalue weighted by atomic mass is 10.2. The monoisotopic (exact) mass is 284 g/mol. The second kappa shape index (κ2) is 6.91. The first-order valence-electron chi connectivity index (χ1n) is 5.88. The fourth-order valence-corrected chi connectivity index (χ4v) is 1.38. The van der Waals surface area contributed by atoms with Crippen LogP contribution in [-0.2, 0) is 0 Å². The van der Waals surface area contributed by atoms with Gasteiger partial charge >= 0.3 is 6.03 Å². The topological polar surface area (TPSA) is 134 Å². The molecule has 1 unspecified atom stereocenters. The minimum Gasteiger partial charge on any atom is -0.769 e. The van der Waals surface area contributed by atoms with Crippen molar-refractivity contribution in [3.63, 3.8) is 0 Å². The maximum absolute atomic E-state index is 11.6. The summed E-state index contributed by atoms with van der Waals surface area (Å²) >= 11 is 0. The highest BCUT2D eigenvalue weighted by atomic mass is 16.8. The molecule has 0 spiro atoms. The summed E-state index contributed by atoms with van der Waals surface area (Å²) in [4.78, 5) is 11.6. The number of rotatable bonds is 5. The van der Waals surface area contributed by atoms with E-state index in [1.165, 1.54) is 6.07 Å². The Kier molecular flexibility index (Phi) is 5.53. The number of hydrogen-bond acceptors (Lipinski definition) is 7. The van der Waals surface area contributed by atoms with Gasteiger partial charge in [0.2, 0.25) is 0 Å². The standard InChI is InChI=1S/C11H16N4O5/c1-3-7(2)12-11(16)13-8-4-9(14(17)18)6-10(5-8)15(19)20/h4-7,17-18H,3H2,1-2H3,(H2,12,13,16)/q-2. The first-order valence-corrected chi connectivity index (χ1v) is 5.88. The third kappa shape index (κ3) is 4.55. The van der Waals surface area contributed by atoms with Crippen LogP contribution in [0.2, 0.25) is 0 Å². The molecule has 0 aliphatic rings. The smallest absolute Gasteiger partial charge is 0.319 e. The lowest BCUT2D eigenvalue weighted by molar-refractivity contribution is 0.0292. The minimum absolute atomic E-state index is 0.0552. The van der Waals surface area contributed by atoms with E-state index in [4.69, 9.17) is 10.4 Å². The van der Waals surface area contributed by atoms with Crippen LogP contribution in [0.1, 0.15) is 20.3 Å². The number of urea groups is 1. The van der Waals surface area contributed by atoms with E-state index in [2.05, 4.69) is 10.6 Å². The molecule has 9 nitrogen and oxygen atoms in total. The molecule has 0 aliphatic carbocycles. The number of nitrogens with one attached hydrogen (secondary N) is 2. The van der Waals surface area contributed by atoms with Crippen LogP contribution < -0.4 is 21.1 Å². The Labute approximate surface area is 115 Å². The summed E-state index contributed by atoms with van der Waals surface area (Å²) in [6, 6.07) is 2.66. The average molecular weight is 284 g/mol. The van der Waals surface area contributed by atoms with Crippen molar-refractivity contribution < 1.29 is 15.2 Å². The van der Waals surface area contributed by atoms with Crippen LogP contribution in [0, 0.1) is 10.4 Å². The van der Waals surface area contributed by atoms with Crippen molar-refractivity contribution in [1.29, 1.82) is 0 Å². The summed E-state index contributed by atoms with van der Waals surface area (Å²) in [6.07, 6.45) is 0.731. The number of carbonyl (C=O) groups is 1.